The summed E-state index contributed by atoms with van der Waals surface area (Å²) in [7, 11) is 1.34. The number of methoxy groups -OCH3 is 1. The van der Waals surface area contributed by atoms with E-state index in [-0.39, 0.29) is 5.91 Å². The van der Waals surface area contributed by atoms with Gasteiger partial charge in [0.05, 0.1) is 23.3 Å². The van der Waals surface area contributed by atoms with Crippen LogP contribution in [0.1, 0.15) is 29.8 Å². The van der Waals surface area contributed by atoms with Crippen molar-refractivity contribution in [1.82, 2.24) is 5.32 Å². The average molecular weight is 410 g/mol. The molecule has 2 aromatic rings. The van der Waals surface area contributed by atoms with E-state index >= 15 is 0 Å². The molecule has 1 heterocycles. The maximum Gasteiger partial charge on any atom is 0.337 e. The van der Waals surface area contributed by atoms with Gasteiger partial charge in [0.1, 0.15) is 0 Å². The minimum atomic E-state index is -0.390. The third kappa shape index (κ3) is 5.06. The van der Waals surface area contributed by atoms with Crippen LogP contribution in [0.15, 0.2) is 58.4 Å². The van der Waals surface area contributed by atoms with Gasteiger partial charge in [-0.1, -0.05) is 12.1 Å². The lowest BCUT2D eigenvalue weighted by atomic mass is 10.1. The molecule has 0 atom stereocenters. The summed E-state index contributed by atoms with van der Waals surface area (Å²) in [5.74, 6) is -0.579. The number of benzene rings is 2. The summed E-state index contributed by atoms with van der Waals surface area (Å²) in [5.41, 5.74) is 3.22. The highest BCUT2D eigenvalue weighted by Crippen LogP contribution is 2.29. The van der Waals surface area contributed by atoms with Gasteiger partial charge in [0.25, 0.3) is 5.91 Å². The Hall–Kier alpha value is -3.06. The zero-order valence-corrected chi connectivity index (χ0v) is 17.5. The molecular weight excluding hydrogens is 386 g/mol. The van der Waals surface area contributed by atoms with Crippen molar-refractivity contribution in [2.75, 3.05) is 25.1 Å². The molecule has 1 aliphatic rings. The van der Waals surface area contributed by atoms with Gasteiger partial charge in [0.15, 0.2) is 5.17 Å². The standard InChI is InChI=1S/C22H23N3O3S/c1-4-25(5-2)18-12-10-17(11-13-18)23-22-24-20(26)19(29-22)14-15-6-8-16(9-7-15)21(27)28-3/h6-14H,4-5H2,1-3H3,(H,23,24,26)/b19-14-. The van der Waals surface area contributed by atoms with Crippen LogP contribution >= 0.6 is 11.8 Å². The van der Waals surface area contributed by atoms with Crippen molar-refractivity contribution in [1.29, 1.82) is 0 Å². The van der Waals surface area contributed by atoms with Gasteiger partial charge in [-0.05, 0) is 73.6 Å². The van der Waals surface area contributed by atoms with E-state index in [1.165, 1.54) is 18.9 Å². The van der Waals surface area contributed by atoms with Crippen molar-refractivity contribution in [3.63, 3.8) is 0 Å². The summed E-state index contributed by atoms with van der Waals surface area (Å²) in [6, 6.07) is 14.8. The highest BCUT2D eigenvalue weighted by molar-refractivity contribution is 8.18. The second-order valence-electron chi connectivity index (χ2n) is 6.28. The van der Waals surface area contributed by atoms with E-state index in [1.807, 2.05) is 24.3 Å². The first kappa shape index (κ1) is 20.7. The first-order chi connectivity index (χ1) is 14.0. The Balaban J connectivity index is 1.72. The van der Waals surface area contributed by atoms with Crippen molar-refractivity contribution in [3.8, 4) is 0 Å². The number of nitrogens with zero attached hydrogens (tertiary/aromatic N) is 2. The number of rotatable bonds is 6. The molecule has 1 aliphatic heterocycles. The Labute approximate surface area is 174 Å². The fourth-order valence-electron chi connectivity index (χ4n) is 2.91. The SMILES string of the molecule is CCN(CC)c1ccc(N=C2NC(=O)/C(=C/c3ccc(C(=O)OC)cc3)S2)cc1. The molecule has 7 heteroatoms. The Morgan fingerprint density at radius 2 is 1.76 bits per heavy atom. The topological polar surface area (TPSA) is 71.0 Å². The number of ether oxygens (including phenoxy) is 1. The molecule has 0 saturated carbocycles. The lowest BCUT2D eigenvalue weighted by molar-refractivity contribution is -0.115. The van der Waals surface area contributed by atoms with Crippen LogP contribution in [0.4, 0.5) is 11.4 Å². The summed E-state index contributed by atoms with van der Waals surface area (Å²) >= 11 is 1.29. The van der Waals surface area contributed by atoms with Crippen molar-refractivity contribution >= 4 is 46.3 Å². The van der Waals surface area contributed by atoms with E-state index in [2.05, 4.69) is 33.8 Å². The largest absolute Gasteiger partial charge is 0.465 e. The zero-order chi connectivity index (χ0) is 20.8. The number of carbonyl (C=O) groups is 2. The van der Waals surface area contributed by atoms with Crippen LogP contribution in [0, 0.1) is 0 Å². The molecule has 0 radical (unpaired) electrons. The summed E-state index contributed by atoms with van der Waals surface area (Å²) < 4.78 is 4.69. The van der Waals surface area contributed by atoms with Crippen LogP contribution in [-0.4, -0.2) is 37.2 Å². The third-order valence-corrected chi connectivity index (χ3v) is 5.40. The number of thioether (sulfide) groups is 1. The number of hydrogen-bond donors (Lipinski definition) is 1. The molecule has 1 N–H and O–H groups in total. The van der Waals surface area contributed by atoms with Crippen LogP contribution in [0.5, 0.6) is 0 Å². The summed E-state index contributed by atoms with van der Waals surface area (Å²) in [5, 5.41) is 3.34. The lowest BCUT2D eigenvalue weighted by Gasteiger charge is -2.20. The number of amides is 1. The van der Waals surface area contributed by atoms with Crippen molar-refractivity contribution < 1.29 is 14.3 Å². The number of hydrogen-bond acceptors (Lipinski definition) is 6. The fraction of sp³-hybridized carbons (Fsp3) is 0.227. The van der Waals surface area contributed by atoms with E-state index in [1.54, 1.807) is 30.3 Å². The molecule has 2 aromatic carbocycles. The molecule has 6 nitrogen and oxygen atoms in total. The smallest absolute Gasteiger partial charge is 0.337 e. The van der Waals surface area contributed by atoms with Gasteiger partial charge >= 0.3 is 5.97 Å². The molecule has 150 valence electrons. The predicted molar refractivity (Wildman–Crippen MR) is 119 cm³/mol. The minimum Gasteiger partial charge on any atom is -0.465 e. The second kappa shape index (κ2) is 9.43. The molecule has 1 amide bonds. The quantitative estimate of drug-likeness (QED) is 0.572. The molecule has 1 saturated heterocycles. The van der Waals surface area contributed by atoms with E-state index in [0.717, 1.165) is 30.0 Å². The lowest BCUT2D eigenvalue weighted by Crippen LogP contribution is -2.21. The second-order valence-corrected chi connectivity index (χ2v) is 7.31. The Bertz CT molecular complexity index is 946. The number of amidine groups is 1. The van der Waals surface area contributed by atoms with Gasteiger partial charge in [-0.15, -0.1) is 0 Å². The number of carbonyl (C=O) groups excluding carboxylic acids is 2. The predicted octanol–water partition coefficient (Wildman–Crippen LogP) is 4.21. The minimum absolute atomic E-state index is 0.189. The molecule has 3 rings (SSSR count). The molecule has 1 fully saturated rings. The monoisotopic (exact) mass is 409 g/mol. The first-order valence-electron chi connectivity index (χ1n) is 9.37. The van der Waals surface area contributed by atoms with Crippen LogP contribution in [-0.2, 0) is 9.53 Å². The summed E-state index contributed by atoms with van der Waals surface area (Å²) in [4.78, 5) is 31.1. The van der Waals surface area contributed by atoms with Crippen molar-refractivity contribution in [3.05, 3.63) is 64.6 Å². The molecule has 0 aliphatic carbocycles. The fourth-order valence-corrected chi connectivity index (χ4v) is 3.75. The number of esters is 1. The number of nitrogens with one attached hydrogen (secondary N) is 1. The van der Waals surface area contributed by atoms with E-state index in [4.69, 9.17) is 0 Å². The molecule has 29 heavy (non-hydrogen) atoms. The maximum absolute atomic E-state index is 12.3. The number of aliphatic imine (C=N–C) groups is 1. The first-order valence-corrected chi connectivity index (χ1v) is 10.2. The Morgan fingerprint density at radius 3 is 2.34 bits per heavy atom. The zero-order valence-electron chi connectivity index (χ0n) is 16.6. The normalized spacial score (nSPS) is 16.2. The van der Waals surface area contributed by atoms with Gasteiger partial charge in [-0.2, -0.15) is 0 Å². The van der Waals surface area contributed by atoms with Crippen LogP contribution in [0.25, 0.3) is 6.08 Å². The van der Waals surface area contributed by atoms with Gasteiger partial charge in [0, 0.05) is 18.8 Å². The Kier molecular flexibility index (Phi) is 6.72. The van der Waals surface area contributed by atoms with E-state index in [9.17, 15) is 9.59 Å². The van der Waals surface area contributed by atoms with Crippen LogP contribution in [0.2, 0.25) is 0 Å². The van der Waals surface area contributed by atoms with Gasteiger partial charge < -0.3 is 15.0 Å². The highest BCUT2D eigenvalue weighted by atomic mass is 32.2. The third-order valence-electron chi connectivity index (χ3n) is 4.49. The van der Waals surface area contributed by atoms with Crippen LogP contribution < -0.4 is 10.2 Å². The molecular formula is C22H23N3O3S. The summed E-state index contributed by atoms with van der Waals surface area (Å²) in [6.07, 6.45) is 1.77. The highest BCUT2D eigenvalue weighted by Gasteiger charge is 2.23. The number of anilines is 1. The molecule has 0 unspecified atom stereocenters. The van der Waals surface area contributed by atoms with Gasteiger partial charge in [-0.3, -0.25) is 4.79 Å². The van der Waals surface area contributed by atoms with Crippen LogP contribution in [0.3, 0.4) is 0 Å². The molecule has 0 spiro atoms. The van der Waals surface area contributed by atoms with Crippen molar-refractivity contribution in [2.45, 2.75) is 13.8 Å². The Morgan fingerprint density at radius 1 is 1.10 bits per heavy atom. The summed E-state index contributed by atoms with van der Waals surface area (Å²) in [6.45, 7) is 6.15. The maximum atomic E-state index is 12.3. The van der Waals surface area contributed by atoms with Gasteiger partial charge in [-0.25, -0.2) is 9.79 Å². The van der Waals surface area contributed by atoms with Crippen molar-refractivity contribution in [2.24, 2.45) is 4.99 Å². The van der Waals surface area contributed by atoms with E-state index in [0.29, 0.717) is 15.6 Å². The molecule has 0 aromatic heterocycles. The van der Waals surface area contributed by atoms with E-state index < -0.39 is 5.97 Å². The average Bonchev–Trinajstić information content (AvgIpc) is 3.08. The molecule has 0 bridgehead atoms. The van der Waals surface area contributed by atoms with Gasteiger partial charge in [0.2, 0.25) is 0 Å².